The van der Waals surface area contributed by atoms with E-state index < -0.39 is 12.0 Å². The van der Waals surface area contributed by atoms with E-state index in [1.165, 1.54) is 12.1 Å². The first-order valence-corrected chi connectivity index (χ1v) is 12.4. The number of rotatable bonds is 12. The Kier molecular flexibility index (Phi) is 10.4. The zero-order valence-corrected chi connectivity index (χ0v) is 22.2. The second-order valence-corrected chi connectivity index (χ2v) is 8.89. The number of oxazole rings is 1. The molecule has 0 spiro atoms. The number of benzene rings is 3. The largest absolute Gasteiger partial charge is 0.493 e. The van der Waals surface area contributed by atoms with Crippen molar-refractivity contribution in [2.45, 2.75) is 45.2 Å². The standard InChI is InChI=1S/C30H31FN2O4.ClH/c1-3-26(28(30(34)35)32-19-21-9-13-24(31)14-10-21)22-11-15-25(16-12-22)36-18-17-27-20(2)37-29(33-27)23-7-5-4-6-8-23;/h4-16,26,28,32H,3,17-19H2,1-2H3,(H,34,35);1H. The first-order valence-electron chi connectivity index (χ1n) is 12.4. The summed E-state index contributed by atoms with van der Waals surface area (Å²) in [6, 6.07) is 22.6. The maximum atomic E-state index is 13.2. The maximum absolute atomic E-state index is 13.2. The van der Waals surface area contributed by atoms with Crippen molar-refractivity contribution in [1.82, 2.24) is 10.3 Å². The highest BCUT2D eigenvalue weighted by molar-refractivity contribution is 5.85. The number of carboxylic acids is 1. The summed E-state index contributed by atoms with van der Waals surface area (Å²) in [5, 5.41) is 13.0. The third-order valence-electron chi connectivity index (χ3n) is 6.38. The van der Waals surface area contributed by atoms with Crippen molar-refractivity contribution in [3.05, 3.63) is 107 Å². The van der Waals surface area contributed by atoms with E-state index in [-0.39, 0.29) is 24.1 Å². The predicted octanol–water partition coefficient (Wildman–Crippen LogP) is 6.57. The molecule has 4 aromatic rings. The lowest BCUT2D eigenvalue weighted by Gasteiger charge is -2.24. The van der Waals surface area contributed by atoms with Gasteiger partial charge in [0, 0.05) is 24.4 Å². The van der Waals surface area contributed by atoms with Crippen LogP contribution < -0.4 is 10.1 Å². The molecule has 0 fully saturated rings. The number of aryl methyl sites for hydroxylation is 1. The first kappa shape index (κ1) is 28.9. The lowest BCUT2D eigenvalue weighted by atomic mass is 9.89. The number of aliphatic carboxylic acids is 1. The van der Waals surface area contributed by atoms with Crippen LogP contribution >= 0.6 is 12.4 Å². The minimum Gasteiger partial charge on any atom is -0.493 e. The van der Waals surface area contributed by atoms with Gasteiger partial charge in [0.15, 0.2) is 0 Å². The summed E-state index contributed by atoms with van der Waals surface area (Å²) in [4.78, 5) is 16.7. The second-order valence-electron chi connectivity index (χ2n) is 8.89. The molecule has 6 nitrogen and oxygen atoms in total. The molecule has 200 valence electrons. The molecule has 4 rings (SSSR count). The summed E-state index contributed by atoms with van der Waals surface area (Å²) < 4.78 is 24.9. The summed E-state index contributed by atoms with van der Waals surface area (Å²) in [5.41, 5.74) is 3.53. The monoisotopic (exact) mass is 538 g/mol. The smallest absolute Gasteiger partial charge is 0.321 e. The molecule has 0 aliphatic rings. The Bertz CT molecular complexity index is 1290. The highest BCUT2D eigenvalue weighted by Crippen LogP contribution is 2.27. The van der Waals surface area contributed by atoms with Crippen molar-refractivity contribution >= 4 is 18.4 Å². The number of nitrogens with zero attached hydrogens (tertiary/aromatic N) is 1. The quantitative estimate of drug-likeness (QED) is 0.212. The summed E-state index contributed by atoms with van der Waals surface area (Å²) in [6.07, 6.45) is 1.25. The van der Waals surface area contributed by atoms with Crippen molar-refractivity contribution < 1.29 is 23.4 Å². The Labute approximate surface area is 228 Å². The minimum atomic E-state index is -0.924. The SMILES string of the molecule is CCC(c1ccc(OCCc2nc(-c3ccccc3)oc2C)cc1)C(NCc1ccc(F)cc1)C(=O)O.Cl. The fourth-order valence-corrected chi connectivity index (χ4v) is 4.34. The molecule has 0 amide bonds. The van der Waals surface area contributed by atoms with Crippen LogP contribution in [0.1, 0.15) is 41.8 Å². The second kappa shape index (κ2) is 13.7. The van der Waals surface area contributed by atoms with Crippen LogP contribution in [-0.4, -0.2) is 28.7 Å². The van der Waals surface area contributed by atoms with Crippen molar-refractivity contribution in [3.8, 4) is 17.2 Å². The van der Waals surface area contributed by atoms with Gasteiger partial charge in [0.05, 0.1) is 12.3 Å². The van der Waals surface area contributed by atoms with Gasteiger partial charge in [-0.1, -0.05) is 49.4 Å². The maximum Gasteiger partial charge on any atom is 0.321 e. The van der Waals surface area contributed by atoms with Crippen LogP contribution in [0, 0.1) is 12.7 Å². The van der Waals surface area contributed by atoms with E-state index in [0.29, 0.717) is 37.6 Å². The Hall–Kier alpha value is -3.68. The van der Waals surface area contributed by atoms with E-state index in [0.717, 1.165) is 28.1 Å². The fourth-order valence-electron chi connectivity index (χ4n) is 4.34. The van der Waals surface area contributed by atoms with Gasteiger partial charge >= 0.3 is 5.97 Å². The van der Waals surface area contributed by atoms with Gasteiger partial charge in [0.25, 0.3) is 0 Å². The van der Waals surface area contributed by atoms with Gasteiger partial charge < -0.3 is 14.3 Å². The number of ether oxygens (including phenoxy) is 1. The lowest BCUT2D eigenvalue weighted by molar-refractivity contribution is -0.140. The predicted molar refractivity (Wildman–Crippen MR) is 147 cm³/mol. The van der Waals surface area contributed by atoms with Gasteiger partial charge in [0.1, 0.15) is 23.4 Å². The highest BCUT2D eigenvalue weighted by Gasteiger charge is 2.27. The molecule has 1 aromatic heterocycles. The molecule has 8 heteroatoms. The minimum absolute atomic E-state index is 0. The molecule has 0 radical (unpaired) electrons. The number of hydrogen-bond donors (Lipinski definition) is 2. The molecular formula is C30H32ClFN2O4. The van der Waals surface area contributed by atoms with Gasteiger partial charge in [0.2, 0.25) is 5.89 Å². The van der Waals surface area contributed by atoms with Gasteiger partial charge in [-0.3, -0.25) is 10.1 Å². The van der Waals surface area contributed by atoms with E-state index >= 15 is 0 Å². The Morgan fingerprint density at radius 3 is 2.37 bits per heavy atom. The third-order valence-corrected chi connectivity index (χ3v) is 6.38. The van der Waals surface area contributed by atoms with Crippen LogP contribution in [0.5, 0.6) is 5.75 Å². The molecule has 3 aromatic carbocycles. The summed E-state index contributed by atoms with van der Waals surface area (Å²) in [6.45, 7) is 4.64. The average molecular weight is 539 g/mol. The molecule has 0 bridgehead atoms. The van der Waals surface area contributed by atoms with Crippen molar-refractivity contribution in [2.24, 2.45) is 0 Å². The topological polar surface area (TPSA) is 84.6 Å². The van der Waals surface area contributed by atoms with Crippen LogP contribution in [0.4, 0.5) is 4.39 Å². The Morgan fingerprint density at radius 1 is 1.05 bits per heavy atom. The van der Waals surface area contributed by atoms with Gasteiger partial charge in [-0.15, -0.1) is 12.4 Å². The lowest BCUT2D eigenvalue weighted by Crippen LogP contribution is -2.41. The van der Waals surface area contributed by atoms with E-state index in [1.54, 1.807) is 12.1 Å². The van der Waals surface area contributed by atoms with E-state index in [4.69, 9.17) is 9.15 Å². The van der Waals surface area contributed by atoms with E-state index in [2.05, 4.69) is 10.3 Å². The molecule has 2 atom stereocenters. The van der Waals surface area contributed by atoms with E-state index in [1.807, 2.05) is 68.4 Å². The number of aromatic nitrogens is 1. The van der Waals surface area contributed by atoms with Crippen molar-refractivity contribution in [3.63, 3.8) is 0 Å². The first-order chi connectivity index (χ1) is 17.9. The van der Waals surface area contributed by atoms with Crippen LogP contribution in [-0.2, 0) is 17.8 Å². The Balaban J connectivity index is 0.00000400. The molecule has 1 heterocycles. The number of hydrogen-bond acceptors (Lipinski definition) is 5. The van der Waals surface area contributed by atoms with Crippen LogP contribution in [0.25, 0.3) is 11.5 Å². The zero-order valence-electron chi connectivity index (χ0n) is 21.4. The van der Waals surface area contributed by atoms with E-state index in [9.17, 15) is 14.3 Å². The van der Waals surface area contributed by atoms with Gasteiger partial charge in [-0.25, -0.2) is 9.37 Å². The van der Waals surface area contributed by atoms with Gasteiger partial charge in [-0.2, -0.15) is 0 Å². The number of halogens is 2. The summed E-state index contributed by atoms with van der Waals surface area (Å²) in [7, 11) is 0. The Morgan fingerprint density at radius 2 is 1.74 bits per heavy atom. The molecule has 38 heavy (non-hydrogen) atoms. The number of carboxylic acid groups (broad SMARTS) is 1. The van der Waals surface area contributed by atoms with Crippen LogP contribution in [0.2, 0.25) is 0 Å². The van der Waals surface area contributed by atoms with Crippen LogP contribution in [0.15, 0.2) is 83.3 Å². The molecule has 2 unspecified atom stereocenters. The fraction of sp³-hybridized carbons (Fsp3) is 0.267. The molecule has 0 saturated carbocycles. The summed E-state index contributed by atoms with van der Waals surface area (Å²) in [5.74, 6) is 0.600. The van der Waals surface area contributed by atoms with Crippen molar-refractivity contribution in [1.29, 1.82) is 0 Å². The highest BCUT2D eigenvalue weighted by atomic mass is 35.5. The normalized spacial score (nSPS) is 12.4. The molecule has 0 aliphatic heterocycles. The summed E-state index contributed by atoms with van der Waals surface area (Å²) >= 11 is 0. The van der Waals surface area contributed by atoms with Crippen LogP contribution in [0.3, 0.4) is 0 Å². The zero-order chi connectivity index (χ0) is 26.2. The number of nitrogens with one attached hydrogen (secondary N) is 1. The third kappa shape index (κ3) is 7.43. The average Bonchev–Trinajstić information content (AvgIpc) is 3.28. The van der Waals surface area contributed by atoms with Gasteiger partial charge in [-0.05, 0) is 60.9 Å². The van der Waals surface area contributed by atoms with Crippen molar-refractivity contribution in [2.75, 3.05) is 6.61 Å². The molecular weight excluding hydrogens is 507 g/mol. The number of carbonyl (C=O) groups is 1. The molecule has 2 N–H and O–H groups in total. The molecule has 0 aliphatic carbocycles. The molecule has 0 saturated heterocycles.